The summed E-state index contributed by atoms with van der Waals surface area (Å²) in [6, 6.07) is 23.1. The fourth-order valence-corrected chi connectivity index (χ4v) is 4.67. The number of cyclic esters (lactones) is 1. The summed E-state index contributed by atoms with van der Waals surface area (Å²) in [5.74, 6) is -0.161. The van der Waals surface area contributed by atoms with Crippen LogP contribution in [0.3, 0.4) is 0 Å². The number of benzene rings is 3. The second-order valence-electron chi connectivity index (χ2n) is 8.15. The van der Waals surface area contributed by atoms with Crippen molar-refractivity contribution in [3.05, 3.63) is 113 Å². The highest BCUT2D eigenvalue weighted by atomic mass is 16.5. The molecule has 0 aliphatic carbocycles. The minimum Gasteiger partial charge on any atom is -0.457 e. The molecule has 0 amide bonds. The van der Waals surface area contributed by atoms with Crippen molar-refractivity contribution in [3.8, 4) is 0 Å². The van der Waals surface area contributed by atoms with Gasteiger partial charge in [0.15, 0.2) is 0 Å². The number of nitrogens with zero attached hydrogens (tertiary/aromatic N) is 2. The molecule has 0 radical (unpaired) electrons. The minimum atomic E-state index is -0.290. The van der Waals surface area contributed by atoms with E-state index in [1.54, 1.807) is 12.4 Å². The molecule has 4 aromatic rings. The van der Waals surface area contributed by atoms with Crippen molar-refractivity contribution in [3.63, 3.8) is 0 Å². The first-order valence-corrected chi connectivity index (χ1v) is 10.5. The number of hydrogen-bond acceptors (Lipinski definition) is 4. The number of ether oxygens (including phenoxy) is 1. The van der Waals surface area contributed by atoms with Gasteiger partial charge in [0, 0.05) is 29.9 Å². The van der Waals surface area contributed by atoms with Crippen molar-refractivity contribution in [1.29, 1.82) is 0 Å². The minimum absolute atomic E-state index is 0.161. The average Bonchev–Trinajstić information content (AvgIpc) is 3.21. The molecule has 0 bridgehead atoms. The maximum Gasteiger partial charge on any atom is 0.310 e. The van der Waals surface area contributed by atoms with Crippen LogP contribution in [-0.4, -0.2) is 16.7 Å². The van der Waals surface area contributed by atoms with E-state index in [1.165, 1.54) is 16.3 Å². The standard InChI is InChI=1S/C27H20N2O2/c30-26-14-21-13-22-16-29-27(19-7-9-28-10-8-19)24(22)15-23(21)25(31-26)12-17-5-6-18-3-1-2-4-20(18)11-17/h1-11,13,15,25H,12,14,16H2. The van der Waals surface area contributed by atoms with E-state index in [4.69, 9.17) is 9.73 Å². The van der Waals surface area contributed by atoms with E-state index in [0.717, 1.165) is 33.5 Å². The molecule has 3 aromatic carbocycles. The molecule has 3 heterocycles. The summed E-state index contributed by atoms with van der Waals surface area (Å²) in [6.45, 7) is 0.644. The molecule has 0 saturated heterocycles. The SMILES string of the molecule is O=C1Cc2cc3c(cc2C(Cc2ccc4ccccc4c2)O1)C(c1ccncc1)=NC3. The molecule has 1 atom stereocenters. The summed E-state index contributed by atoms with van der Waals surface area (Å²) in [5, 5.41) is 2.41. The summed E-state index contributed by atoms with van der Waals surface area (Å²) in [6.07, 6.45) is 4.27. The molecule has 150 valence electrons. The number of aliphatic imine (C=N–C) groups is 1. The quantitative estimate of drug-likeness (QED) is 0.453. The van der Waals surface area contributed by atoms with E-state index < -0.39 is 0 Å². The van der Waals surface area contributed by atoms with Crippen molar-refractivity contribution in [2.24, 2.45) is 4.99 Å². The van der Waals surface area contributed by atoms with Crippen LogP contribution in [0, 0.1) is 0 Å². The highest BCUT2D eigenvalue weighted by molar-refractivity contribution is 6.15. The van der Waals surface area contributed by atoms with Gasteiger partial charge in [-0.2, -0.15) is 0 Å². The summed E-state index contributed by atoms with van der Waals surface area (Å²) < 4.78 is 5.84. The van der Waals surface area contributed by atoms with Gasteiger partial charge < -0.3 is 4.74 Å². The molecule has 0 saturated carbocycles. The first-order valence-electron chi connectivity index (χ1n) is 10.5. The molecular formula is C27H20N2O2. The van der Waals surface area contributed by atoms with Crippen molar-refractivity contribution in [2.75, 3.05) is 0 Å². The van der Waals surface area contributed by atoms with Crippen LogP contribution in [0.25, 0.3) is 10.8 Å². The normalized spacial score (nSPS) is 17.1. The van der Waals surface area contributed by atoms with E-state index in [0.29, 0.717) is 19.4 Å². The van der Waals surface area contributed by atoms with Gasteiger partial charge in [-0.3, -0.25) is 14.8 Å². The Morgan fingerprint density at radius 3 is 2.61 bits per heavy atom. The van der Waals surface area contributed by atoms with Crippen LogP contribution in [0.2, 0.25) is 0 Å². The van der Waals surface area contributed by atoms with Crippen LogP contribution >= 0.6 is 0 Å². The first kappa shape index (κ1) is 18.0. The van der Waals surface area contributed by atoms with E-state index in [-0.39, 0.29) is 12.1 Å². The van der Waals surface area contributed by atoms with Crippen molar-refractivity contribution < 1.29 is 9.53 Å². The lowest BCUT2D eigenvalue weighted by molar-refractivity contribution is -0.150. The summed E-state index contributed by atoms with van der Waals surface area (Å²) in [7, 11) is 0. The lowest BCUT2D eigenvalue weighted by Crippen LogP contribution is -2.24. The molecule has 31 heavy (non-hydrogen) atoms. The van der Waals surface area contributed by atoms with Crippen molar-refractivity contribution in [1.82, 2.24) is 4.98 Å². The fourth-order valence-electron chi connectivity index (χ4n) is 4.67. The third kappa shape index (κ3) is 3.21. The van der Waals surface area contributed by atoms with Gasteiger partial charge in [0.2, 0.25) is 0 Å². The topological polar surface area (TPSA) is 51.5 Å². The molecule has 1 unspecified atom stereocenters. The van der Waals surface area contributed by atoms with Crippen LogP contribution < -0.4 is 0 Å². The average molecular weight is 404 g/mol. The largest absolute Gasteiger partial charge is 0.457 e. The van der Waals surface area contributed by atoms with Crippen molar-refractivity contribution in [2.45, 2.75) is 25.5 Å². The summed E-state index contributed by atoms with van der Waals surface area (Å²) in [5.41, 5.74) is 7.67. The van der Waals surface area contributed by atoms with Crippen LogP contribution in [-0.2, 0) is 28.9 Å². The van der Waals surface area contributed by atoms with Crippen LogP contribution in [0.1, 0.15) is 39.5 Å². The van der Waals surface area contributed by atoms with Gasteiger partial charge in [0.1, 0.15) is 6.10 Å². The Labute approximate surface area is 180 Å². The second kappa shape index (κ2) is 7.17. The zero-order valence-electron chi connectivity index (χ0n) is 16.9. The Morgan fingerprint density at radius 2 is 1.74 bits per heavy atom. The van der Waals surface area contributed by atoms with Gasteiger partial charge in [0.25, 0.3) is 0 Å². The number of aromatic nitrogens is 1. The fraction of sp³-hybridized carbons (Fsp3) is 0.148. The van der Waals surface area contributed by atoms with Gasteiger partial charge in [-0.15, -0.1) is 0 Å². The Balaban J connectivity index is 1.39. The number of carbonyl (C=O) groups is 1. The zero-order valence-corrected chi connectivity index (χ0v) is 16.9. The molecule has 1 aromatic heterocycles. The third-order valence-electron chi connectivity index (χ3n) is 6.17. The van der Waals surface area contributed by atoms with E-state index in [1.807, 2.05) is 24.3 Å². The lowest BCUT2D eigenvalue weighted by atomic mass is 9.88. The number of rotatable bonds is 3. The van der Waals surface area contributed by atoms with Crippen LogP contribution in [0.4, 0.5) is 0 Å². The highest BCUT2D eigenvalue weighted by Gasteiger charge is 2.30. The maximum atomic E-state index is 12.4. The zero-order chi connectivity index (χ0) is 20.8. The number of carbonyl (C=O) groups excluding carboxylic acids is 1. The first-order chi connectivity index (χ1) is 15.2. The monoisotopic (exact) mass is 404 g/mol. The number of hydrogen-bond donors (Lipinski definition) is 0. The van der Waals surface area contributed by atoms with Crippen LogP contribution in [0.15, 0.2) is 84.1 Å². The second-order valence-corrected chi connectivity index (χ2v) is 8.15. The van der Waals surface area contributed by atoms with Crippen LogP contribution in [0.5, 0.6) is 0 Å². The van der Waals surface area contributed by atoms with Crippen molar-refractivity contribution >= 4 is 22.5 Å². The van der Waals surface area contributed by atoms with Gasteiger partial charge in [0.05, 0.1) is 18.7 Å². The third-order valence-corrected chi connectivity index (χ3v) is 6.17. The number of fused-ring (bicyclic) bond motifs is 3. The Morgan fingerprint density at radius 1 is 0.903 bits per heavy atom. The summed E-state index contributed by atoms with van der Waals surface area (Å²) >= 11 is 0. The van der Waals surface area contributed by atoms with Gasteiger partial charge in [-0.05, 0) is 51.2 Å². The maximum absolute atomic E-state index is 12.4. The lowest BCUT2D eigenvalue weighted by Gasteiger charge is -2.27. The molecule has 0 spiro atoms. The summed E-state index contributed by atoms with van der Waals surface area (Å²) in [4.78, 5) is 21.3. The number of pyridine rings is 1. The van der Waals surface area contributed by atoms with E-state index in [9.17, 15) is 4.79 Å². The van der Waals surface area contributed by atoms with E-state index in [2.05, 4.69) is 47.4 Å². The Bertz CT molecular complexity index is 1360. The molecule has 0 fully saturated rings. The van der Waals surface area contributed by atoms with Gasteiger partial charge in [-0.1, -0.05) is 48.5 Å². The predicted molar refractivity (Wildman–Crippen MR) is 120 cm³/mol. The smallest absolute Gasteiger partial charge is 0.310 e. The Hall–Kier alpha value is -3.79. The molecule has 2 aliphatic heterocycles. The molecular weight excluding hydrogens is 384 g/mol. The molecule has 0 N–H and O–H groups in total. The van der Waals surface area contributed by atoms with Gasteiger partial charge in [-0.25, -0.2) is 0 Å². The molecule has 6 rings (SSSR count). The predicted octanol–water partition coefficient (Wildman–Crippen LogP) is 4.97. The molecule has 4 nitrogen and oxygen atoms in total. The Kier molecular flexibility index (Phi) is 4.17. The number of esters is 1. The van der Waals surface area contributed by atoms with E-state index >= 15 is 0 Å². The van der Waals surface area contributed by atoms with Gasteiger partial charge >= 0.3 is 5.97 Å². The molecule has 2 aliphatic rings. The molecule has 4 heteroatoms. The highest BCUT2D eigenvalue weighted by Crippen LogP contribution is 2.36.